The maximum atomic E-state index is 6.40. The highest BCUT2D eigenvalue weighted by atomic mass is 35.5. The minimum absolute atomic E-state index is 0.766. The lowest BCUT2D eigenvalue weighted by atomic mass is 10.0. The molecule has 0 amide bonds. The molecule has 0 spiro atoms. The number of nitrogens with one attached hydrogen (secondary N) is 1. The fraction of sp³-hybridized carbons (Fsp3) is 0.800. The van der Waals surface area contributed by atoms with Gasteiger partial charge in [0, 0.05) is 19.6 Å². The van der Waals surface area contributed by atoms with E-state index in [0.29, 0.717) is 0 Å². The lowest BCUT2D eigenvalue weighted by Gasteiger charge is -2.10. The molecule has 0 saturated heterocycles. The Morgan fingerprint density at radius 1 is 1.32 bits per heavy atom. The summed E-state index contributed by atoms with van der Waals surface area (Å²) < 4.78 is 1.95. The number of fused-ring (bicyclic) bond motifs is 5. The van der Waals surface area contributed by atoms with Crippen LogP contribution in [0.2, 0.25) is 5.02 Å². The third-order valence-corrected chi connectivity index (χ3v) is 6.18. The van der Waals surface area contributed by atoms with Crippen LogP contribution in [0.25, 0.3) is 0 Å². The summed E-state index contributed by atoms with van der Waals surface area (Å²) in [5.74, 6) is 4.02. The summed E-state index contributed by atoms with van der Waals surface area (Å²) in [4.78, 5) is 0. The molecule has 1 aromatic rings. The topological polar surface area (TPSA) is 29.9 Å². The van der Waals surface area contributed by atoms with Gasteiger partial charge in [-0.25, -0.2) is 0 Å². The van der Waals surface area contributed by atoms with E-state index < -0.39 is 0 Å². The van der Waals surface area contributed by atoms with E-state index >= 15 is 0 Å². The Kier molecular flexibility index (Phi) is 2.72. The zero-order chi connectivity index (χ0) is 13.1. The number of aromatic nitrogens is 2. The summed E-state index contributed by atoms with van der Waals surface area (Å²) in [6.45, 7) is 2.98. The van der Waals surface area contributed by atoms with Crippen molar-refractivity contribution in [3.63, 3.8) is 0 Å². The molecule has 1 aromatic heterocycles. The standard InChI is InChI=1S/C15H22ClN3/c1-3-10-14(16)11(19(2)18-10)7-17-15-12-8-4-5-9(6-8)13(12)15/h8-9,12-13,15,17H,3-7H2,1-2H3. The predicted molar refractivity (Wildman–Crippen MR) is 76.0 cm³/mol. The minimum atomic E-state index is 0.766. The summed E-state index contributed by atoms with van der Waals surface area (Å²) in [6, 6.07) is 0.766. The van der Waals surface area contributed by atoms with Crippen LogP contribution in [0.15, 0.2) is 0 Å². The SMILES string of the molecule is CCc1nn(C)c(CNC2C3C4CCC(C4)C23)c1Cl. The fourth-order valence-electron chi connectivity index (χ4n) is 4.82. The number of aryl methyl sites for hydroxylation is 2. The Bertz CT molecular complexity index is 494. The Hall–Kier alpha value is -0.540. The number of hydrogen-bond donors (Lipinski definition) is 1. The molecule has 0 radical (unpaired) electrons. The van der Waals surface area contributed by atoms with Gasteiger partial charge in [0.05, 0.1) is 16.4 Å². The molecular weight excluding hydrogens is 258 g/mol. The molecule has 1 N–H and O–H groups in total. The molecule has 3 saturated carbocycles. The molecule has 104 valence electrons. The molecule has 2 bridgehead atoms. The van der Waals surface area contributed by atoms with Gasteiger partial charge in [0.2, 0.25) is 0 Å². The smallest absolute Gasteiger partial charge is 0.0863 e. The van der Waals surface area contributed by atoms with Gasteiger partial charge < -0.3 is 5.32 Å². The Morgan fingerprint density at radius 2 is 2.00 bits per heavy atom. The molecule has 4 atom stereocenters. The molecule has 3 aliphatic carbocycles. The van der Waals surface area contributed by atoms with E-state index in [-0.39, 0.29) is 0 Å². The van der Waals surface area contributed by atoms with Crippen LogP contribution in [-0.4, -0.2) is 15.8 Å². The zero-order valence-electron chi connectivity index (χ0n) is 11.7. The molecule has 0 aliphatic heterocycles. The van der Waals surface area contributed by atoms with Crippen molar-refractivity contribution < 1.29 is 0 Å². The lowest BCUT2D eigenvalue weighted by Crippen LogP contribution is -2.23. The van der Waals surface area contributed by atoms with Gasteiger partial charge in [-0.3, -0.25) is 4.68 Å². The Balaban J connectivity index is 1.43. The van der Waals surface area contributed by atoms with Crippen LogP contribution >= 0.6 is 11.6 Å². The first-order valence-electron chi connectivity index (χ1n) is 7.64. The summed E-state index contributed by atoms with van der Waals surface area (Å²) in [7, 11) is 2.00. The normalized spacial score (nSPS) is 38.8. The first-order chi connectivity index (χ1) is 9.20. The molecule has 3 fully saturated rings. The molecule has 3 nitrogen and oxygen atoms in total. The largest absolute Gasteiger partial charge is 0.308 e. The second-order valence-electron chi connectivity index (χ2n) is 6.58. The van der Waals surface area contributed by atoms with Crippen molar-refractivity contribution in [3.8, 4) is 0 Å². The van der Waals surface area contributed by atoms with Gasteiger partial charge in [-0.05, 0) is 49.4 Å². The van der Waals surface area contributed by atoms with E-state index in [0.717, 1.165) is 59.1 Å². The van der Waals surface area contributed by atoms with Gasteiger partial charge >= 0.3 is 0 Å². The summed E-state index contributed by atoms with van der Waals surface area (Å²) in [6.07, 6.45) is 5.39. The first kappa shape index (κ1) is 12.2. The van der Waals surface area contributed by atoms with Crippen molar-refractivity contribution in [1.82, 2.24) is 15.1 Å². The Labute approximate surface area is 119 Å². The monoisotopic (exact) mass is 279 g/mol. The van der Waals surface area contributed by atoms with Gasteiger partial charge in [0.1, 0.15) is 0 Å². The molecule has 19 heavy (non-hydrogen) atoms. The average molecular weight is 280 g/mol. The van der Waals surface area contributed by atoms with E-state index in [1.807, 2.05) is 11.7 Å². The highest BCUT2D eigenvalue weighted by Crippen LogP contribution is 2.65. The van der Waals surface area contributed by atoms with Crippen molar-refractivity contribution in [2.75, 3.05) is 0 Å². The summed E-state index contributed by atoms with van der Waals surface area (Å²) in [5, 5.41) is 9.10. The van der Waals surface area contributed by atoms with E-state index in [2.05, 4.69) is 17.3 Å². The molecule has 4 heteroatoms. The highest BCUT2D eigenvalue weighted by Gasteiger charge is 2.64. The lowest BCUT2D eigenvalue weighted by molar-refractivity contribution is 0.456. The van der Waals surface area contributed by atoms with E-state index in [1.54, 1.807) is 0 Å². The summed E-state index contributed by atoms with van der Waals surface area (Å²) >= 11 is 6.40. The third-order valence-electron chi connectivity index (χ3n) is 5.74. The predicted octanol–water partition coefficient (Wildman–Crippen LogP) is 2.77. The van der Waals surface area contributed by atoms with E-state index in [4.69, 9.17) is 11.6 Å². The molecule has 4 rings (SSSR count). The fourth-order valence-corrected chi connectivity index (χ4v) is 5.19. The van der Waals surface area contributed by atoms with Gasteiger partial charge in [-0.2, -0.15) is 5.10 Å². The van der Waals surface area contributed by atoms with Gasteiger partial charge in [0.15, 0.2) is 0 Å². The highest BCUT2D eigenvalue weighted by molar-refractivity contribution is 6.31. The van der Waals surface area contributed by atoms with Crippen LogP contribution in [0, 0.1) is 23.7 Å². The second-order valence-corrected chi connectivity index (χ2v) is 6.96. The van der Waals surface area contributed by atoms with Crippen LogP contribution < -0.4 is 5.32 Å². The molecule has 1 heterocycles. The van der Waals surface area contributed by atoms with Crippen molar-refractivity contribution in [2.45, 2.75) is 45.2 Å². The van der Waals surface area contributed by atoms with Crippen molar-refractivity contribution in [1.29, 1.82) is 0 Å². The number of halogens is 1. The maximum absolute atomic E-state index is 6.40. The second kappa shape index (κ2) is 4.23. The van der Waals surface area contributed by atoms with Crippen LogP contribution in [0.5, 0.6) is 0 Å². The molecule has 4 unspecified atom stereocenters. The van der Waals surface area contributed by atoms with Gasteiger partial charge in [-0.1, -0.05) is 18.5 Å². The van der Waals surface area contributed by atoms with Crippen molar-refractivity contribution >= 4 is 11.6 Å². The third kappa shape index (κ3) is 1.71. The van der Waals surface area contributed by atoms with Gasteiger partial charge in [-0.15, -0.1) is 0 Å². The van der Waals surface area contributed by atoms with E-state index in [1.165, 1.54) is 19.3 Å². The van der Waals surface area contributed by atoms with E-state index in [9.17, 15) is 0 Å². The van der Waals surface area contributed by atoms with Crippen molar-refractivity contribution in [2.24, 2.45) is 30.7 Å². The number of nitrogens with zero attached hydrogens (tertiary/aromatic N) is 2. The maximum Gasteiger partial charge on any atom is 0.0863 e. The minimum Gasteiger partial charge on any atom is -0.308 e. The number of rotatable bonds is 4. The molecule has 0 aromatic carbocycles. The van der Waals surface area contributed by atoms with Crippen molar-refractivity contribution in [3.05, 3.63) is 16.4 Å². The zero-order valence-corrected chi connectivity index (χ0v) is 12.5. The van der Waals surface area contributed by atoms with Crippen LogP contribution in [0.3, 0.4) is 0 Å². The number of hydrogen-bond acceptors (Lipinski definition) is 2. The quantitative estimate of drug-likeness (QED) is 0.918. The average Bonchev–Trinajstić information content (AvgIpc) is 2.73. The van der Waals surface area contributed by atoms with Crippen LogP contribution in [0.4, 0.5) is 0 Å². The van der Waals surface area contributed by atoms with Gasteiger partial charge in [0.25, 0.3) is 0 Å². The van der Waals surface area contributed by atoms with Crippen LogP contribution in [-0.2, 0) is 20.0 Å². The molecular formula is C15H22ClN3. The summed E-state index contributed by atoms with van der Waals surface area (Å²) in [5.41, 5.74) is 2.17. The molecule has 3 aliphatic rings. The van der Waals surface area contributed by atoms with Crippen LogP contribution in [0.1, 0.15) is 37.6 Å². The Morgan fingerprint density at radius 3 is 2.58 bits per heavy atom. The first-order valence-corrected chi connectivity index (χ1v) is 8.02.